The second-order valence-corrected chi connectivity index (χ2v) is 4.75. The monoisotopic (exact) mass is 279 g/mol. The van der Waals surface area contributed by atoms with Gasteiger partial charge < -0.3 is 9.47 Å². The molecule has 20 heavy (non-hydrogen) atoms. The Morgan fingerprint density at radius 1 is 1.25 bits per heavy atom. The lowest BCUT2D eigenvalue weighted by molar-refractivity contribution is -0.146. The Kier molecular flexibility index (Phi) is 7.09. The van der Waals surface area contributed by atoms with E-state index < -0.39 is 0 Å². The number of rotatable bonds is 8. The summed E-state index contributed by atoms with van der Waals surface area (Å²) in [5, 5.41) is 3.34. The van der Waals surface area contributed by atoms with Gasteiger partial charge in [0.15, 0.2) is 0 Å². The van der Waals surface area contributed by atoms with Crippen LogP contribution in [0.2, 0.25) is 0 Å². The molecule has 1 aromatic rings. The molecule has 0 aliphatic carbocycles. The Hall–Kier alpha value is -1.55. The van der Waals surface area contributed by atoms with Gasteiger partial charge >= 0.3 is 5.97 Å². The molecule has 0 fully saturated rings. The topological polar surface area (TPSA) is 47.6 Å². The Bertz CT molecular complexity index is 403. The maximum atomic E-state index is 11.9. The van der Waals surface area contributed by atoms with Crippen molar-refractivity contribution in [1.29, 1.82) is 0 Å². The highest BCUT2D eigenvalue weighted by Gasteiger charge is 2.21. The number of methoxy groups -OCH3 is 1. The highest BCUT2D eigenvalue weighted by Crippen LogP contribution is 2.18. The number of nitrogens with one attached hydrogen (secondary N) is 1. The first-order valence-corrected chi connectivity index (χ1v) is 7.19. The van der Waals surface area contributed by atoms with Crippen LogP contribution in [0.25, 0.3) is 0 Å². The summed E-state index contributed by atoms with van der Waals surface area (Å²) in [5.41, 5.74) is 1.12. The van der Waals surface area contributed by atoms with Crippen molar-refractivity contribution in [2.75, 3.05) is 13.7 Å². The number of ether oxygens (including phenoxy) is 2. The highest BCUT2D eigenvalue weighted by molar-refractivity contribution is 5.75. The highest BCUT2D eigenvalue weighted by atomic mass is 16.5. The molecule has 0 aliphatic heterocycles. The molecular formula is C16H25NO3. The van der Waals surface area contributed by atoms with Crippen molar-refractivity contribution in [2.24, 2.45) is 0 Å². The van der Waals surface area contributed by atoms with Crippen LogP contribution in [0.5, 0.6) is 5.75 Å². The van der Waals surface area contributed by atoms with Gasteiger partial charge in [-0.2, -0.15) is 0 Å². The standard InChI is InChI=1S/C16H25NO3/c1-5-7-15(16(18)20-6-2)17-12(3)13-8-10-14(19-4)11-9-13/h8-12,15,17H,5-7H2,1-4H3/t12-,15?/m0/s1. The fourth-order valence-electron chi connectivity index (χ4n) is 2.09. The van der Waals surface area contributed by atoms with Crippen molar-refractivity contribution < 1.29 is 14.3 Å². The Morgan fingerprint density at radius 2 is 1.90 bits per heavy atom. The summed E-state index contributed by atoms with van der Waals surface area (Å²) in [6.07, 6.45) is 1.71. The van der Waals surface area contributed by atoms with Gasteiger partial charge in [0.05, 0.1) is 13.7 Å². The van der Waals surface area contributed by atoms with Gasteiger partial charge in [0.25, 0.3) is 0 Å². The molecule has 0 bridgehead atoms. The smallest absolute Gasteiger partial charge is 0.323 e. The van der Waals surface area contributed by atoms with E-state index in [1.807, 2.05) is 38.1 Å². The zero-order valence-corrected chi connectivity index (χ0v) is 12.8. The normalized spacial score (nSPS) is 13.6. The predicted octanol–water partition coefficient (Wildman–Crippen LogP) is 3.08. The van der Waals surface area contributed by atoms with Gasteiger partial charge in [0, 0.05) is 6.04 Å². The van der Waals surface area contributed by atoms with E-state index in [0.29, 0.717) is 6.61 Å². The zero-order chi connectivity index (χ0) is 15.0. The second kappa shape index (κ2) is 8.59. The third-order valence-corrected chi connectivity index (χ3v) is 3.22. The van der Waals surface area contributed by atoms with Crippen LogP contribution in [0.3, 0.4) is 0 Å². The van der Waals surface area contributed by atoms with Gasteiger partial charge in [-0.15, -0.1) is 0 Å². The van der Waals surface area contributed by atoms with Crippen LogP contribution in [0, 0.1) is 0 Å². The fourth-order valence-corrected chi connectivity index (χ4v) is 2.09. The van der Waals surface area contributed by atoms with Gasteiger partial charge in [0.2, 0.25) is 0 Å². The number of benzene rings is 1. The van der Waals surface area contributed by atoms with E-state index in [1.54, 1.807) is 7.11 Å². The molecule has 112 valence electrons. The first-order chi connectivity index (χ1) is 9.62. The summed E-state index contributed by atoms with van der Waals surface area (Å²) >= 11 is 0. The Labute approximate surface area is 121 Å². The van der Waals surface area contributed by atoms with Gasteiger partial charge in [-0.3, -0.25) is 10.1 Å². The van der Waals surface area contributed by atoms with Crippen LogP contribution in [0.15, 0.2) is 24.3 Å². The van der Waals surface area contributed by atoms with Crippen LogP contribution in [-0.4, -0.2) is 25.7 Å². The van der Waals surface area contributed by atoms with Crippen molar-refractivity contribution in [2.45, 2.75) is 45.7 Å². The Morgan fingerprint density at radius 3 is 2.40 bits per heavy atom. The van der Waals surface area contributed by atoms with Crippen molar-refractivity contribution in [3.8, 4) is 5.75 Å². The summed E-state index contributed by atoms with van der Waals surface area (Å²) in [6.45, 7) is 6.35. The molecular weight excluding hydrogens is 254 g/mol. The third kappa shape index (κ3) is 4.85. The van der Waals surface area contributed by atoms with E-state index in [1.165, 1.54) is 0 Å². The quantitative estimate of drug-likeness (QED) is 0.743. The van der Waals surface area contributed by atoms with E-state index in [0.717, 1.165) is 24.2 Å². The molecule has 2 atom stereocenters. The number of esters is 1. The van der Waals surface area contributed by atoms with Crippen molar-refractivity contribution in [3.05, 3.63) is 29.8 Å². The summed E-state index contributed by atoms with van der Waals surface area (Å²) in [4.78, 5) is 11.9. The lowest BCUT2D eigenvalue weighted by Crippen LogP contribution is -2.39. The van der Waals surface area contributed by atoms with E-state index in [9.17, 15) is 4.79 Å². The summed E-state index contributed by atoms with van der Waals surface area (Å²) < 4.78 is 10.3. The first-order valence-electron chi connectivity index (χ1n) is 7.19. The number of hydrogen-bond donors (Lipinski definition) is 1. The van der Waals surface area contributed by atoms with E-state index in [-0.39, 0.29) is 18.1 Å². The first kappa shape index (κ1) is 16.5. The minimum Gasteiger partial charge on any atom is -0.497 e. The van der Waals surface area contributed by atoms with Gasteiger partial charge in [-0.25, -0.2) is 0 Å². The molecule has 0 heterocycles. The van der Waals surface area contributed by atoms with Crippen molar-refractivity contribution >= 4 is 5.97 Å². The van der Waals surface area contributed by atoms with E-state index in [2.05, 4.69) is 12.2 Å². The number of carbonyl (C=O) groups excluding carboxylic acids is 1. The fraction of sp³-hybridized carbons (Fsp3) is 0.562. The molecule has 0 amide bonds. The predicted molar refractivity (Wildman–Crippen MR) is 79.9 cm³/mol. The summed E-state index contributed by atoms with van der Waals surface area (Å²) in [7, 11) is 1.65. The van der Waals surface area contributed by atoms with Gasteiger partial charge in [-0.1, -0.05) is 25.5 Å². The molecule has 4 heteroatoms. The van der Waals surface area contributed by atoms with E-state index in [4.69, 9.17) is 9.47 Å². The molecule has 0 aliphatic rings. The molecule has 0 spiro atoms. The second-order valence-electron chi connectivity index (χ2n) is 4.75. The maximum Gasteiger partial charge on any atom is 0.323 e. The van der Waals surface area contributed by atoms with Crippen molar-refractivity contribution in [1.82, 2.24) is 5.32 Å². The lowest BCUT2D eigenvalue weighted by Gasteiger charge is -2.22. The van der Waals surface area contributed by atoms with Crippen LogP contribution in [0.1, 0.15) is 45.2 Å². The molecule has 0 saturated heterocycles. The molecule has 4 nitrogen and oxygen atoms in total. The number of carbonyl (C=O) groups is 1. The molecule has 1 aromatic carbocycles. The van der Waals surface area contributed by atoms with Crippen molar-refractivity contribution in [3.63, 3.8) is 0 Å². The minimum atomic E-state index is -0.253. The summed E-state index contributed by atoms with van der Waals surface area (Å²) in [5.74, 6) is 0.658. The molecule has 1 N–H and O–H groups in total. The summed E-state index contributed by atoms with van der Waals surface area (Å²) in [6, 6.07) is 7.69. The van der Waals surface area contributed by atoms with Crippen LogP contribution in [0.4, 0.5) is 0 Å². The number of hydrogen-bond acceptors (Lipinski definition) is 4. The van der Waals surface area contributed by atoms with E-state index >= 15 is 0 Å². The average Bonchev–Trinajstić information content (AvgIpc) is 2.47. The molecule has 0 radical (unpaired) electrons. The Balaban J connectivity index is 2.68. The van der Waals surface area contributed by atoms with Gasteiger partial charge in [0.1, 0.15) is 11.8 Å². The van der Waals surface area contributed by atoms with Crippen LogP contribution >= 0.6 is 0 Å². The zero-order valence-electron chi connectivity index (χ0n) is 12.8. The van der Waals surface area contributed by atoms with Crippen LogP contribution in [-0.2, 0) is 9.53 Å². The maximum absolute atomic E-state index is 11.9. The molecule has 0 saturated carbocycles. The molecule has 1 rings (SSSR count). The average molecular weight is 279 g/mol. The van der Waals surface area contributed by atoms with Gasteiger partial charge in [-0.05, 0) is 38.0 Å². The minimum absolute atomic E-state index is 0.0851. The van der Waals surface area contributed by atoms with Crippen LogP contribution < -0.4 is 10.1 Å². The third-order valence-electron chi connectivity index (χ3n) is 3.22. The molecule has 1 unspecified atom stereocenters. The lowest BCUT2D eigenvalue weighted by atomic mass is 10.1. The largest absolute Gasteiger partial charge is 0.497 e. The SMILES string of the molecule is CCCC(N[C@@H](C)c1ccc(OC)cc1)C(=O)OCC. The molecule has 0 aromatic heterocycles.